The van der Waals surface area contributed by atoms with Crippen LogP contribution in [0.25, 0.3) is 0 Å². The van der Waals surface area contributed by atoms with Crippen LogP contribution in [-0.2, 0) is 22.4 Å². The van der Waals surface area contributed by atoms with Gasteiger partial charge in [0.25, 0.3) is 0 Å². The third-order valence-electron chi connectivity index (χ3n) is 4.28. The molecule has 0 aliphatic carbocycles. The predicted molar refractivity (Wildman–Crippen MR) is 119 cm³/mol. The molecule has 0 heterocycles. The Bertz CT molecular complexity index is 1040. The third-order valence-corrected chi connectivity index (χ3v) is 4.28. The molecule has 31 heavy (non-hydrogen) atoms. The Labute approximate surface area is 186 Å². The molecule has 0 atom stereocenters. The Kier molecular flexibility index (Phi) is 8.94. The molecule has 160 valence electrons. The molecule has 0 saturated carbocycles. The van der Waals surface area contributed by atoms with Gasteiger partial charge in [-0.3, -0.25) is 14.4 Å². The van der Waals surface area contributed by atoms with Crippen LogP contribution in [0, 0.1) is 0 Å². The molecule has 0 aromatic heterocycles. The van der Waals surface area contributed by atoms with Gasteiger partial charge < -0.3 is 15.2 Å². The van der Waals surface area contributed by atoms with Crippen LogP contribution in [0.1, 0.15) is 21.5 Å². The summed E-state index contributed by atoms with van der Waals surface area (Å²) in [5, 5.41) is 0. The summed E-state index contributed by atoms with van der Waals surface area (Å²) in [6.45, 7) is -0.190. The lowest BCUT2D eigenvalue weighted by molar-refractivity contribution is -0.136. The van der Waals surface area contributed by atoms with Crippen LogP contribution < -0.4 is 15.2 Å². The zero-order valence-corrected chi connectivity index (χ0v) is 17.5. The summed E-state index contributed by atoms with van der Waals surface area (Å²) in [5.74, 6) is -1.32. The number of nitrogens with two attached hydrogens (primary N) is 1. The average molecular weight is 440 g/mol. The summed E-state index contributed by atoms with van der Waals surface area (Å²) < 4.78 is 10.8. The van der Waals surface area contributed by atoms with Crippen molar-refractivity contribution in [1.29, 1.82) is 0 Å². The molecule has 2 N–H and O–H groups in total. The van der Waals surface area contributed by atoms with E-state index in [1.165, 1.54) is 18.2 Å². The number of benzene rings is 3. The van der Waals surface area contributed by atoms with E-state index in [1.54, 1.807) is 12.1 Å². The second-order valence-electron chi connectivity index (χ2n) is 6.56. The van der Waals surface area contributed by atoms with Crippen molar-refractivity contribution in [3.63, 3.8) is 0 Å². The number of rotatable bonds is 8. The first kappa shape index (κ1) is 23.8. The van der Waals surface area contributed by atoms with E-state index in [4.69, 9.17) is 15.2 Å². The lowest BCUT2D eigenvalue weighted by atomic mass is 10.1. The van der Waals surface area contributed by atoms with Gasteiger partial charge in [0.1, 0.15) is 0 Å². The minimum atomic E-state index is -0.543. The monoisotopic (exact) mass is 439 g/mol. The number of halogens is 1. The molecule has 6 nitrogen and oxygen atoms in total. The largest absolute Gasteiger partial charge is 0.422 e. The zero-order valence-electron chi connectivity index (χ0n) is 16.7. The number of Topliss-reactive ketones (excluding diaryl/α,β-unsaturated/α-hetero) is 1. The fourth-order valence-electron chi connectivity index (χ4n) is 2.81. The Morgan fingerprint density at radius 1 is 0.677 bits per heavy atom. The fraction of sp³-hybridized carbons (Fsp3) is 0.125. The van der Waals surface area contributed by atoms with Crippen molar-refractivity contribution in [3.05, 3.63) is 95.6 Å². The van der Waals surface area contributed by atoms with Gasteiger partial charge in [-0.25, -0.2) is 0 Å². The quantitative estimate of drug-likeness (QED) is 0.327. The highest BCUT2D eigenvalue weighted by atomic mass is 35.5. The van der Waals surface area contributed by atoms with Crippen molar-refractivity contribution < 1.29 is 23.9 Å². The molecule has 0 amide bonds. The van der Waals surface area contributed by atoms with Crippen molar-refractivity contribution in [3.8, 4) is 11.5 Å². The zero-order chi connectivity index (χ0) is 21.3. The van der Waals surface area contributed by atoms with E-state index in [9.17, 15) is 14.4 Å². The topological polar surface area (TPSA) is 95.7 Å². The number of ketones is 1. The second kappa shape index (κ2) is 11.6. The molecule has 0 fully saturated rings. The number of carbonyl (C=O) groups excluding carboxylic acids is 3. The van der Waals surface area contributed by atoms with Crippen molar-refractivity contribution in [1.82, 2.24) is 0 Å². The Hall–Kier alpha value is -3.48. The first-order chi connectivity index (χ1) is 14.5. The highest BCUT2D eigenvalue weighted by Crippen LogP contribution is 2.29. The molecule has 3 aromatic carbocycles. The van der Waals surface area contributed by atoms with Crippen LogP contribution >= 0.6 is 12.4 Å². The number of hydrogen-bond donors (Lipinski definition) is 1. The van der Waals surface area contributed by atoms with Gasteiger partial charge in [-0.1, -0.05) is 60.7 Å². The standard InChI is InChI=1S/C24H21NO5.ClH/c25-16-20(26)19-11-12-21(29-23(27)13-17-7-3-1-4-8-17)22(15-19)30-24(28)14-18-9-5-2-6-10-18;/h1-12,15H,13-14,16,25H2;1H. The van der Waals surface area contributed by atoms with Crippen LogP contribution in [-0.4, -0.2) is 24.3 Å². The Balaban J connectivity index is 0.00000341. The van der Waals surface area contributed by atoms with Crippen LogP contribution in [0.2, 0.25) is 0 Å². The van der Waals surface area contributed by atoms with Gasteiger partial charge in [-0.15, -0.1) is 12.4 Å². The summed E-state index contributed by atoms with van der Waals surface area (Å²) in [7, 11) is 0. The molecule has 3 aromatic rings. The van der Waals surface area contributed by atoms with E-state index < -0.39 is 11.9 Å². The van der Waals surface area contributed by atoms with E-state index >= 15 is 0 Å². The van der Waals surface area contributed by atoms with E-state index in [0.717, 1.165) is 11.1 Å². The maximum Gasteiger partial charge on any atom is 0.315 e. The van der Waals surface area contributed by atoms with Gasteiger partial charge >= 0.3 is 11.9 Å². The highest BCUT2D eigenvalue weighted by molar-refractivity contribution is 5.98. The molecular weight excluding hydrogens is 418 g/mol. The number of esters is 2. The molecule has 0 aliphatic heterocycles. The maximum atomic E-state index is 12.4. The third kappa shape index (κ3) is 7.06. The van der Waals surface area contributed by atoms with Crippen molar-refractivity contribution >= 4 is 30.1 Å². The summed E-state index contributed by atoms with van der Waals surface area (Å²) >= 11 is 0. The molecule has 0 saturated heterocycles. The molecule has 0 spiro atoms. The molecule has 0 unspecified atom stereocenters. The maximum absolute atomic E-state index is 12.4. The first-order valence-corrected chi connectivity index (χ1v) is 9.41. The molecule has 0 radical (unpaired) electrons. The lowest BCUT2D eigenvalue weighted by Crippen LogP contribution is -2.17. The predicted octanol–water partition coefficient (Wildman–Crippen LogP) is 3.55. The average Bonchev–Trinajstić information content (AvgIpc) is 2.75. The van der Waals surface area contributed by atoms with E-state index in [1.807, 2.05) is 48.5 Å². The van der Waals surface area contributed by atoms with Crippen molar-refractivity contribution in [2.75, 3.05) is 6.54 Å². The van der Waals surface area contributed by atoms with E-state index in [-0.39, 0.29) is 54.6 Å². The SMILES string of the molecule is Cl.NCC(=O)c1ccc(OC(=O)Cc2ccccc2)c(OC(=O)Cc2ccccc2)c1. The number of hydrogen-bond acceptors (Lipinski definition) is 6. The van der Waals surface area contributed by atoms with Crippen LogP contribution in [0.4, 0.5) is 0 Å². The van der Waals surface area contributed by atoms with Gasteiger partial charge in [0.05, 0.1) is 19.4 Å². The summed E-state index contributed by atoms with van der Waals surface area (Å²) in [6, 6.07) is 22.5. The van der Waals surface area contributed by atoms with E-state index in [0.29, 0.717) is 0 Å². The molecule has 3 rings (SSSR count). The summed E-state index contributed by atoms with van der Waals surface area (Å²) in [4.78, 5) is 36.7. The van der Waals surface area contributed by atoms with Gasteiger partial charge in [0, 0.05) is 5.56 Å². The van der Waals surface area contributed by atoms with E-state index in [2.05, 4.69) is 0 Å². The van der Waals surface area contributed by atoms with Gasteiger partial charge in [-0.05, 0) is 29.3 Å². The first-order valence-electron chi connectivity index (χ1n) is 9.41. The Morgan fingerprint density at radius 2 is 1.16 bits per heavy atom. The highest BCUT2D eigenvalue weighted by Gasteiger charge is 2.17. The fourth-order valence-corrected chi connectivity index (χ4v) is 2.81. The lowest BCUT2D eigenvalue weighted by Gasteiger charge is -2.12. The van der Waals surface area contributed by atoms with Gasteiger partial charge in [0.2, 0.25) is 0 Å². The van der Waals surface area contributed by atoms with Crippen LogP contribution in [0.15, 0.2) is 78.9 Å². The summed E-state index contributed by atoms with van der Waals surface area (Å²) in [5.41, 5.74) is 7.26. The van der Waals surface area contributed by atoms with Crippen LogP contribution in [0.3, 0.4) is 0 Å². The molecule has 0 aliphatic rings. The number of carbonyl (C=O) groups is 3. The van der Waals surface area contributed by atoms with Crippen molar-refractivity contribution in [2.24, 2.45) is 5.73 Å². The van der Waals surface area contributed by atoms with Gasteiger partial charge in [-0.2, -0.15) is 0 Å². The number of ether oxygens (including phenoxy) is 2. The molecule has 0 bridgehead atoms. The second-order valence-corrected chi connectivity index (χ2v) is 6.56. The van der Waals surface area contributed by atoms with Gasteiger partial charge in [0.15, 0.2) is 17.3 Å². The van der Waals surface area contributed by atoms with Crippen molar-refractivity contribution in [2.45, 2.75) is 12.8 Å². The summed E-state index contributed by atoms with van der Waals surface area (Å²) in [6.07, 6.45) is 0.0923. The minimum Gasteiger partial charge on any atom is -0.422 e. The smallest absolute Gasteiger partial charge is 0.315 e. The normalized spacial score (nSPS) is 9.97. The molecule has 7 heteroatoms. The minimum absolute atomic E-state index is 0. The Morgan fingerprint density at radius 3 is 1.65 bits per heavy atom. The van der Waals surface area contributed by atoms with Crippen LogP contribution in [0.5, 0.6) is 11.5 Å². The molecular formula is C24H22ClNO5.